The average molecular weight is 343 g/mol. The Bertz CT molecular complexity index is 419. The molecule has 1 atom stereocenters. The van der Waals surface area contributed by atoms with Gasteiger partial charge < -0.3 is 10.2 Å². The first kappa shape index (κ1) is 15.9. The van der Waals surface area contributed by atoms with Gasteiger partial charge in [-0.15, -0.1) is 0 Å². The van der Waals surface area contributed by atoms with Crippen LogP contribution in [0, 0.1) is 5.82 Å². The zero-order valence-corrected chi connectivity index (χ0v) is 13.8. The van der Waals surface area contributed by atoms with E-state index in [1.807, 2.05) is 6.07 Å². The van der Waals surface area contributed by atoms with E-state index in [0.29, 0.717) is 0 Å². The van der Waals surface area contributed by atoms with Crippen LogP contribution < -0.4 is 5.32 Å². The number of hydrogen-bond acceptors (Lipinski definition) is 2. The Labute approximate surface area is 129 Å². The number of rotatable bonds is 6. The van der Waals surface area contributed by atoms with Gasteiger partial charge in [0.2, 0.25) is 0 Å². The predicted octanol–water partition coefficient (Wildman–Crippen LogP) is 4.11. The van der Waals surface area contributed by atoms with Crippen molar-refractivity contribution in [2.75, 3.05) is 26.2 Å². The Morgan fingerprint density at radius 2 is 2.05 bits per heavy atom. The summed E-state index contributed by atoms with van der Waals surface area (Å²) in [6.07, 6.45) is 5.27. The van der Waals surface area contributed by atoms with E-state index >= 15 is 0 Å². The van der Waals surface area contributed by atoms with Crippen molar-refractivity contribution in [3.05, 3.63) is 34.1 Å². The van der Waals surface area contributed by atoms with Gasteiger partial charge in [-0.1, -0.05) is 28.4 Å². The molecule has 1 aromatic carbocycles. The Kier molecular flexibility index (Phi) is 6.46. The quantitative estimate of drug-likeness (QED) is 0.782. The summed E-state index contributed by atoms with van der Waals surface area (Å²) in [6, 6.07) is 5.14. The smallest absolute Gasteiger partial charge is 0.124 e. The summed E-state index contributed by atoms with van der Waals surface area (Å²) >= 11 is 3.43. The Balaban J connectivity index is 1.70. The molecule has 2 nitrogen and oxygen atoms in total. The van der Waals surface area contributed by atoms with Crippen LogP contribution in [0.2, 0.25) is 0 Å². The fourth-order valence-corrected chi connectivity index (χ4v) is 3.46. The van der Waals surface area contributed by atoms with Crippen LogP contribution in [-0.4, -0.2) is 31.1 Å². The molecule has 1 aliphatic rings. The highest BCUT2D eigenvalue weighted by Gasteiger charge is 2.11. The van der Waals surface area contributed by atoms with Crippen molar-refractivity contribution in [3.8, 4) is 0 Å². The molecule has 1 aromatic rings. The molecule has 20 heavy (non-hydrogen) atoms. The third-order valence-electron chi connectivity index (χ3n) is 3.98. The minimum absolute atomic E-state index is 0.196. The van der Waals surface area contributed by atoms with Crippen LogP contribution in [0.3, 0.4) is 0 Å². The molecular formula is C16H24BrFN2. The topological polar surface area (TPSA) is 15.3 Å². The van der Waals surface area contributed by atoms with Crippen molar-refractivity contribution < 1.29 is 4.39 Å². The van der Waals surface area contributed by atoms with Crippen molar-refractivity contribution in [1.29, 1.82) is 0 Å². The fourth-order valence-electron chi connectivity index (χ4n) is 2.77. The SMILES string of the molecule is CC(NCCCN1CCCCC1)c1ccc(F)cc1Br. The number of hydrogen-bond donors (Lipinski definition) is 1. The van der Waals surface area contributed by atoms with Crippen LogP contribution in [0.4, 0.5) is 4.39 Å². The van der Waals surface area contributed by atoms with E-state index in [4.69, 9.17) is 0 Å². The van der Waals surface area contributed by atoms with Crippen LogP contribution in [0.15, 0.2) is 22.7 Å². The third-order valence-corrected chi connectivity index (χ3v) is 4.67. The molecule has 0 aromatic heterocycles. The monoisotopic (exact) mass is 342 g/mol. The third kappa shape index (κ3) is 4.83. The average Bonchev–Trinajstić information content (AvgIpc) is 2.44. The number of halogens is 2. The number of likely N-dealkylation sites (tertiary alicyclic amines) is 1. The Morgan fingerprint density at radius 1 is 1.30 bits per heavy atom. The minimum Gasteiger partial charge on any atom is -0.310 e. The van der Waals surface area contributed by atoms with Crippen molar-refractivity contribution >= 4 is 15.9 Å². The standard InChI is InChI=1S/C16H24BrFN2/c1-13(15-7-6-14(18)12-16(15)17)19-8-5-11-20-9-3-2-4-10-20/h6-7,12-13,19H,2-5,8-11H2,1H3. The summed E-state index contributed by atoms with van der Waals surface area (Å²) in [5, 5.41) is 3.52. The number of nitrogens with one attached hydrogen (secondary N) is 1. The number of benzene rings is 1. The highest BCUT2D eigenvalue weighted by Crippen LogP contribution is 2.24. The molecule has 0 spiro atoms. The zero-order valence-electron chi connectivity index (χ0n) is 12.2. The summed E-state index contributed by atoms with van der Waals surface area (Å²) in [4.78, 5) is 2.56. The van der Waals surface area contributed by atoms with Crippen LogP contribution in [0.25, 0.3) is 0 Å². The maximum Gasteiger partial charge on any atom is 0.124 e. The molecular weight excluding hydrogens is 319 g/mol. The first-order chi connectivity index (χ1) is 9.66. The first-order valence-electron chi connectivity index (χ1n) is 7.57. The summed E-state index contributed by atoms with van der Waals surface area (Å²) in [5.41, 5.74) is 1.12. The van der Waals surface area contributed by atoms with Crippen LogP contribution >= 0.6 is 15.9 Å². The lowest BCUT2D eigenvalue weighted by Crippen LogP contribution is -2.32. The normalized spacial score (nSPS) is 18.1. The molecule has 2 rings (SSSR count). The maximum atomic E-state index is 13.1. The molecule has 0 amide bonds. The molecule has 112 valence electrons. The van der Waals surface area contributed by atoms with Gasteiger partial charge in [-0.05, 0) is 70.1 Å². The second-order valence-electron chi connectivity index (χ2n) is 5.60. The van der Waals surface area contributed by atoms with Crippen molar-refractivity contribution in [3.63, 3.8) is 0 Å². The van der Waals surface area contributed by atoms with Gasteiger partial charge in [0.1, 0.15) is 5.82 Å². The van der Waals surface area contributed by atoms with E-state index in [1.165, 1.54) is 57.5 Å². The molecule has 4 heteroatoms. The summed E-state index contributed by atoms with van der Waals surface area (Å²) < 4.78 is 13.9. The minimum atomic E-state index is -0.196. The first-order valence-corrected chi connectivity index (χ1v) is 8.37. The van der Waals surface area contributed by atoms with E-state index < -0.39 is 0 Å². The molecule has 1 unspecified atom stereocenters. The van der Waals surface area contributed by atoms with E-state index in [9.17, 15) is 4.39 Å². The fraction of sp³-hybridized carbons (Fsp3) is 0.625. The molecule has 0 bridgehead atoms. The van der Waals surface area contributed by atoms with Gasteiger partial charge in [-0.25, -0.2) is 4.39 Å². The van der Waals surface area contributed by atoms with Crippen molar-refractivity contribution in [2.24, 2.45) is 0 Å². The van der Waals surface area contributed by atoms with Gasteiger partial charge in [-0.3, -0.25) is 0 Å². The van der Waals surface area contributed by atoms with Crippen molar-refractivity contribution in [1.82, 2.24) is 10.2 Å². The van der Waals surface area contributed by atoms with E-state index in [2.05, 4.69) is 33.1 Å². The summed E-state index contributed by atoms with van der Waals surface area (Å²) in [5.74, 6) is -0.196. The molecule has 1 aliphatic heterocycles. The number of nitrogens with zero attached hydrogens (tertiary/aromatic N) is 1. The van der Waals surface area contributed by atoms with Gasteiger partial charge in [0, 0.05) is 10.5 Å². The predicted molar refractivity (Wildman–Crippen MR) is 85.4 cm³/mol. The van der Waals surface area contributed by atoms with Gasteiger partial charge in [-0.2, -0.15) is 0 Å². The van der Waals surface area contributed by atoms with Crippen LogP contribution in [0.5, 0.6) is 0 Å². The molecule has 1 heterocycles. The molecule has 0 aliphatic carbocycles. The largest absolute Gasteiger partial charge is 0.310 e. The lowest BCUT2D eigenvalue weighted by atomic mass is 10.1. The van der Waals surface area contributed by atoms with E-state index in [-0.39, 0.29) is 11.9 Å². The van der Waals surface area contributed by atoms with E-state index in [1.54, 1.807) is 0 Å². The van der Waals surface area contributed by atoms with Gasteiger partial charge in [0.25, 0.3) is 0 Å². The van der Waals surface area contributed by atoms with Crippen LogP contribution in [-0.2, 0) is 0 Å². The highest BCUT2D eigenvalue weighted by molar-refractivity contribution is 9.10. The van der Waals surface area contributed by atoms with Gasteiger partial charge in [0.15, 0.2) is 0 Å². The Hall–Kier alpha value is -0.450. The molecule has 1 saturated heterocycles. The van der Waals surface area contributed by atoms with Crippen molar-refractivity contribution in [2.45, 2.75) is 38.6 Å². The molecule has 0 saturated carbocycles. The molecule has 0 radical (unpaired) electrons. The van der Waals surface area contributed by atoms with Gasteiger partial charge in [0.05, 0.1) is 0 Å². The highest BCUT2D eigenvalue weighted by atomic mass is 79.9. The maximum absolute atomic E-state index is 13.1. The summed E-state index contributed by atoms with van der Waals surface area (Å²) in [6.45, 7) is 6.84. The number of piperidine rings is 1. The molecule has 1 N–H and O–H groups in total. The lowest BCUT2D eigenvalue weighted by molar-refractivity contribution is 0.225. The Morgan fingerprint density at radius 3 is 2.75 bits per heavy atom. The van der Waals surface area contributed by atoms with E-state index in [0.717, 1.165) is 16.6 Å². The lowest BCUT2D eigenvalue weighted by Gasteiger charge is -2.26. The second-order valence-corrected chi connectivity index (χ2v) is 6.45. The second kappa shape index (κ2) is 8.11. The zero-order chi connectivity index (χ0) is 14.4. The van der Waals surface area contributed by atoms with Gasteiger partial charge >= 0.3 is 0 Å². The van der Waals surface area contributed by atoms with Crippen LogP contribution in [0.1, 0.15) is 44.2 Å². The molecule has 1 fully saturated rings. The summed E-state index contributed by atoms with van der Waals surface area (Å²) in [7, 11) is 0.